The third-order valence-corrected chi connectivity index (χ3v) is 5.83. The highest BCUT2D eigenvalue weighted by Crippen LogP contribution is 2.38. The maximum atomic E-state index is 13.0. The van der Waals surface area contributed by atoms with Gasteiger partial charge in [-0.2, -0.15) is 0 Å². The second-order valence-corrected chi connectivity index (χ2v) is 7.60. The molecule has 5 rings (SSSR count). The molecule has 0 amide bonds. The molecule has 2 aromatic heterocycles. The Hall–Kier alpha value is -3.46. The van der Waals surface area contributed by atoms with Crippen LogP contribution in [0.1, 0.15) is 16.7 Å². The number of nitrogens with zero attached hydrogens (tertiary/aromatic N) is 3. The molecule has 0 saturated carbocycles. The predicted molar refractivity (Wildman–Crippen MR) is 104 cm³/mol. The van der Waals surface area contributed by atoms with Crippen molar-refractivity contribution in [1.82, 2.24) is 9.38 Å². The SMILES string of the molecule is Cc1cc2nc3s/c(=C/c4cc5c(cc4[N+](=O)[O-])OCO5)c(=O)n3c2cc1C. The van der Waals surface area contributed by atoms with Crippen LogP contribution < -0.4 is 19.6 Å². The number of thiazole rings is 1. The molecule has 8 nitrogen and oxygen atoms in total. The van der Waals surface area contributed by atoms with Gasteiger partial charge in [-0.1, -0.05) is 11.3 Å². The number of nitro benzene ring substituents is 1. The minimum Gasteiger partial charge on any atom is -0.454 e. The van der Waals surface area contributed by atoms with Gasteiger partial charge in [0.25, 0.3) is 11.2 Å². The average Bonchev–Trinajstić information content (AvgIpc) is 3.31. The molecule has 3 heterocycles. The number of ether oxygens (including phenoxy) is 2. The number of rotatable bonds is 2. The fourth-order valence-corrected chi connectivity index (χ4v) is 4.26. The van der Waals surface area contributed by atoms with Gasteiger partial charge >= 0.3 is 0 Å². The number of aryl methyl sites for hydroxylation is 2. The molecule has 0 radical (unpaired) electrons. The van der Waals surface area contributed by atoms with Crippen LogP contribution >= 0.6 is 11.3 Å². The zero-order chi connectivity index (χ0) is 19.6. The highest BCUT2D eigenvalue weighted by atomic mass is 32.1. The fraction of sp³-hybridized carbons (Fsp3) is 0.158. The molecule has 0 saturated heterocycles. The van der Waals surface area contributed by atoms with Crippen LogP contribution in [0, 0.1) is 24.0 Å². The topological polar surface area (TPSA) is 96.0 Å². The maximum Gasteiger partial charge on any atom is 0.280 e. The maximum absolute atomic E-state index is 13.0. The molecule has 4 aromatic rings. The van der Waals surface area contributed by atoms with E-state index in [4.69, 9.17) is 9.47 Å². The van der Waals surface area contributed by atoms with E-state index in [0.29, 0.717) is 21.0 Å². The van der Waals surface area contributed by atoms with Gasteiger partial charge in [-0.3, -0.25) is 14.9 Å². The molecule has 0 atom stereocenters. The smallest absolute Gasteiger partial charge is 0.280 e. The lowest BCUT2D eigenvalue weighted by atomic mass is 10.1. The summed E-state index contributed by atoms with van der Waals surface area (Å²) >= 11 is 1.20. The Morgan fingerprint density at radius 1 is 1.18 bits per heavy atom. The summed E-state index contributed by atoms with van der Waals surface area (Å²) in [4.78, 5) is 29.0. The summed E-state index contributed by atoms with van der Waals surface area (Å²) in [5.41, 5.74) is 3.55. The molecule has 1 aliphatic rings. The van der Waals surface area contributed by atoms with Crippen molar-refractivity contribution in [2.75, 3.05) is 6.79 Å². The third-order valence-electron chi connectivity index (χ3n) is 4.86. The Morgan fingerprint density at radius 3 is 2.64 bits per heavy atom. The monoisotopic (exact) mass is 395 g/mol. The van der Waals surface area contributed by atoms with Crippen LogP contribution in [0.3, 0.4) is 0 Å². The molecule has 9 heteroatoms. The van der Waals surface area contributed by atoms with Crippen LogP contribution in [-0.2, 0) is 0 Å². The fourth-order valence-electron chi connectivity index (χ4n) is 3.28. The number of nitro groups is 1. The first-order chi connectivity index (χ1) is 13.4. The Balaban J connectivity index is 1.77. The molecule has 0 N–H and O–H groups in total. The van der Waals surface area contributed by atoms with Crippen LogP contribution in [0.15, 0.2) is 29.1 Å². The molecule has 0 aliphatic carbocycles. The molecule has 0 spiro atoms. The standard InChI is InChI=1S/C19H13N3O5S/c1-9-3-12-14(4-10(9)2)21-18(23)17(28-19(21)20-12)6-11-5-15-16(27-8-26-15)7-13(11)22(24)25/h3-7H,8H2,1-2H3/b17-6+. The molecule has 0 unspecified atom stereocenters. The number of aromatic nitrogens is 2. The zero-order valence-electron chi connectivity index (χ0n) is 14.9. The summed E-state index contributed by atoms with van der Waals surface area (Å²) in [6, 6.07) is 6.73. The second-order valence-electron chi connectivity index (χ2n) is 6.59. The lowest BCUT2D eigenvalue weighted by molar-refractivity contribution is -0.385. The van der Waals surface area contributed by atoms with Crippen LogP contribution in [0.2, 0.25) is 0 Å². The number of imidazole rings is 1. The first kappa shape index (κ1) is 16.7. The second kappa shape index (κ2) is 5.77. The summed E-state index contributed by atoms with van der Waals surface area (Å²) in [5, 5.41) is 11.5. The Labute approximate surface area is 161 Å². The van der Waals surface area contributed by atoms with Crippen LogP contribution in [0.25, 0.3) is 22.1 Å². The van der Waals surface area contributed by atoms with E-state index in [2.05, 4.69) is 4.98 Å². The summed E-state index contributed by atoms with van der Waals surface area (Å²) in [6.07, 6.45) is 1.51. The van der Waals surface area contributed by atoms with Crippen molar-refractivity contribution < 1.29 is 14.4 Å². The van der Waals surface area contributed by atoms with Gasteiger partial charge in [0.1, 0.15) is 0 Å². The van der Waals surface area contributed by atoms with Gasteiger partial charge in [0.2, 0.25) is 6.79 Å². The first-order valence-electron chi connectivity index (χ1n) is 8.44. The number of hydrogen-bond acceptors (Lipinski definition) is 7. The van der Waals surface area contributed by atoms with Gasteiger partial charge in [-0.25, -0.2) is 9.38 Å². The van der Waals surface area contributed by atoms with E-state index in [-0.39, 0.29) is 23.6 Å². The minimum absolute atomic E-state index is 0.0142. The van der Waals surface area contributed by atoms with Crippen LogP contribution in [0.5, 0.6) is 11.5 Å². The van der Waals surface area contributed by atoms with E-state index < -0.39 is 4.92 Å². The lowest BCUT2D eigenvalue weighted by Crippen LogP contribution is -2.22. The Morgan fingerprint density at radius 2 is 1.89 bits per heavy atom. The van der Waals surface area contributed by atoms with Gasteiger partial charge in [-0.15, -0.1) is 0 Å². The van der Waals surface area contributed by atoms with Crippen molar-refractivity contribution in [2.45, 2.75) is 13.8 Å². The molecule has 0 fully saturated rings. The number of benzene rings is 2. The molecule has 0 bridgehead atoms. The van der Waals surface area contributed by atoms with Gasteiger partial charge in [0.05, 0.1) is 32.1 Å². The number of hydrogen-bond donors (Lipinski definition) is 0. The zero-order valence-corrected chi connectivity index (χ0v) is 15.7. The molecular weight excluding hydrogens is 382 g/mol. The van der Waals surface area contributed by atoms with Crippen molar-refractivity contribution in [3.05, 3.63) is 66.0 Å². The molecule has 28 heavy (non-hydrogen) atoms. The molecular formula is C19H13N3O5S. The van der Waals surface area contributed by atoms with Gasteiger partial charge in [0, 0.05) is 0 Å². The highest BCUT2D eigenvalue weighted by Gasteiger charge is 2.23. The van der Waals surface area contributed by atoms with Crippen molar-refractivity contribution in [3.8, 4) is 11.5 Å². The van der Waals surface area contributed by atoms with Gasteiger partial charge < -0.3 is 9.47 Å². The van der Waals surface area contributed by atoms with Crippen molar-refractivity contribution in [2.24, 2.45) is 0 Å². The molecule has 2 aromatic carbocycles. The third kappa shape index (κ3) is 2.36. The molecule has 1 aliphatic heterocycles. The van der Waals surface area contributed by atoms with E-state index in [1.54, 1.807) is 4.40 Å². The summed E-state index contributed by atoms with van der Waals surface area (Å²) < 4.78 is 12.4. The normalized spacial score (nSPS) is 13.7. The van der Waals surface area contributed by atoms with Crippen molar-refractivity contribution in [1.29, 1.82) is 0 Å². The van der Waals surface area contributed by atoms with E-state index in [1.807, 2.05) is 26.0 Å². The predicted octanol–water partition coefficient (Wildman–Crippen LogP) is 2.71. The Bertz CT molecular complexity index is 1420. The minimum atomic E-state index is -0.501. The van der Waals surface area contributed by atoms with E-state index in [1.165, 1.54) is 29.5 Å². The first-order valence-corrected chi connectivity index (χ1v) is 9.26. The van der Waals surface area contributed by atoms with E-state index in [0.717, 1.165) is 22.2 Å². The van der Waals surface area contributed by atoms with Crippen LogP contribution in [-0.4, -0.2) is 21.1 Å². The van der Waals surface area contributed by atoms with Crippen LogP contribution in [0.4, 0.5) is 5.69 Å². The summed E-state index contributed by atoms with van der Waals surface area (Å²) in [7, 11) is 0. The van der Waals surface area contributed by atoms with Crippen molar-refractivity contribution >= 4 is 39.1 Å². The Kier molecular flexibility index (Phi) is 3.44. The van der Waals surface area contributed by atoms with Gasteiger partial charge in [-0.05, 0) is 49.2 Å². The highest BCUT2D eigenvalue weighted by molar-refractivity contribution is 7.15. The van der Waals surface area contributed by atoms with E-state index in [9.17, 15) is 14.9 Å². The van der Waals surface area contributed by atoms with Crippen molar-refractivity contribution in [3.63, 3.8) is 0 Å². The largest absolute Gasteiger partial charge is 0.454 e. The molecule has 140 valence electrons. The number of fused-ring (bicyclic) bond motifs is 4. The summed E-state index contributed by atoms with van der Waals surface area (Å²) in [6.45, 7) is 3.99. The summed E-state index contributed by atoms with van der Waals surface area (Å²) in [5.74, 6) is 0.742. The average molecular weight is 395 g/mol. The van der Waals surface area contributed by atoms with Gasteiger partial charge in [0.15, 0.2) is 16.5 Å². The van der Waals surface area contributed by atoms with E-state index >= 15 is 0 Å². The lowest BCUT2D eigenvalue weighted by Gasteiger charge is -2.00. The quantitative estimate of drug-likeness (QED) is 0.382.